The van der Waals surface area contributed by atoms with Crippen LogP contribution in [0.1, 0.15) is 25.7 Å². The van der Waals surface area contributed by atoms with Crippen LogP contribution in [-0.4, -0.2) is 55.9 Å². The van der Waals surface area contributed by atoms with E-state index < -0.39 is 27.8 Å². The number of carbonyl (C=O) groups is 2. The Labute approximate surface area is 168 Å². The van der Waals surface area contributed by atoms with Crippen LogP contribution in [0.15, 0.2) is 24.3 Å². The van der Waals surface area contributed by atoms with Crippen LogP contribution in [0, 0.1) is 11.7 Å². The number of rotatable bonds is 4. The summed E-state index contributed by atoms with van der Waals surface area (Å²) >= 11 is 0. The van der Waals surface area contributed by atoms with Crippen LogP contribution in [0.5, 0.6) is 0 Å². The summed E-state index contributed by atoms with van der Waals surface area (Å²) < 4.78 is 38.9. The molecule has 0 radical (unpaired) electrons. The smallest absolute Gasteiger partial charge is 0.322 e. The molecule has 1 aliphatic carbocycles. The summed E-state index contributed by atoms with van der Waals surface area (Å²) in [6.07, 6.45) is 2.39. The molecule has 29 heavy (non-hydrogen) atoms. The van der Waals surface area contributed by atoms with Gasteiger partial charge in [-0.3, -0.25) is 10.1 Å². The first kappa shape index (κ1) is 20.0. The number of imide groups is 1. The normalized spacial score (nSPS) is 30.6. The van der Waals surface area contributed by atoms with Crippen molar-refractivity contribution >= 4 is 27.8 Å². The number of anilines is 1. The predicted molar refractivity (Wildman–Crippen MR) is 104 cm³/mol. The summed E-state index contributed by atoms with van der Waals surface area (Å²) in [7, 11) is -3.93. The zero-order chi connectivity index (χ0) is 20.8. The fourth-order valence-electron chi connectivity index (χ4n) is 4.95. The van der Waals surface area contributed by atoms with Crippen molar-refractivity contribution in [3.8, 4) is 0 Å². The maximum Gasteiger partial charge on any atom is 0.322 e. The Balaban J connectivity index is 1.58. The Morgan fingerprint density at radius 3 is 2.55 bits per heavy atom. The molecule has 3 fully saturated rings. The lowest BCUT2D eigenvalue weighted by Crippen LogP contribution is -2.59. The second kappa shape index (κ2) is 7.22. The van der Waals surface area contributed by atoms with Gasteiger partial charge in [0, 0.05) is 31.4 Å². The van der Waals surface area contributed by atoms with Gasteiger partial charge in [-0.1, -0.05) is 6.42 Å². The molecule has 0 bridgehead atoms. The van der Waals surface area contributed by atoms with Crippen molar-refractivity contribution in [1.29, 1.82) is 0 Å². The van der Waals surface area contributed by atoms with Crippen LogP contribution in [0.2, 0.25) is 0 Å². The van der Waals surface area contributed by atoms with Gasteiger partial charge >= 0.3 is 6.03 Å². The Hall–Kier alpha value is -2.24. The number of carbonyl (C=O) groups excluding carboxylic acids is 2. The Bertz CT molecular complexity index is 925. The summed E-state index contributed by atoms with van der Waals surface area (Å²) in [5.41, 5.74) is -0.197. The summed E-state index contributed by atoms with van der Waals surface area (Å²) in [4.78, 5) is 26.2. The quantitative estimate of drug-likeness (QED) is 0.598. The molecule has 3 amide bonds. The average Bonchev–Trinajstić information content (AvgIpc) is 3.17. The molecule has 1 spiro atoms. The van der Waals surface area contributed by atoms with E-state index in [1.165, 1.54) is 16.4 Å². The van der Waals surface area contributed by atoms with E-state index in [1.807, 2.05) is 4.90 Å². The number of halogens is 1. The number of nitrogens with one attached hydrogen (secondary N) is 2. The van der Waals surface area contributed by atoms with Crippen molar-refractivity contribution in [2.75, 3.05) is 24.5 Å². The maximum atomic E-state index is 13.3. The number of piperazine rings is 1. The van der Waals surface area contributed by atoms with Gasteiger partial charge in [0.2, 0.25) is 0 Å². The highest BCUT2D eigenvalue weighted by Crippen LogP contribution is 2.41. The molecular weight excluding hydrogens is 401 g/mol. The van der Waals surface area contributed by atoms with Crippen LogP contribution in [-0.2, 0) is 15.0 Å². The molecule has 158 valence electrons. The minimum absolute atomic E-state index is 0.194. The van der Waals surface area contributed by atoms with Gasteiger partial charge in [0.1, 0.15) is 11.4 Å². The minimum Gasteiger partial charge on any atom is -0.369 e. The minimum atomic E-state index is -3.93. The number of amides is 3. The van der Waals surface area contributed by atoms with Crippen molar-refractivity contribution in [1.82, 2.24) is 14.9 Å². The summed E-state index contributed by atoms with van der Waals surface area (Å²) in [5.74, 6) is -0.890. The highest BCUT2D eigenvalue weighted by atomic mass is 32.2. The zero-order valence-electron chi connectivity index (χ0n) is 15.8. The molecule has 4 rings (SSSR count). The van der Waals surface area contributed by atoms with Crippen molar-refractivity contribution in [2.45, 2.75) is 37.3 Å². The molecule has 11 heteroatoms. The van der Waals surface area contributed by atoms with Gasteiger partial charge in [-0.25, -0.2) is 14.3 Å². The average molecular weight is 425 g/mol. The summed E-state index contributed by atoms with van der Waals surface area (Å²) in [6.45, 7) is 0.981. The van der Waals surface area contributed by atoms with Crippen LogP contribution >= 0.6 is 0 Å². The first-order valence-corrected chi connectivity index (χ1v) is 11.1. The third-order valence-corrected chi connectivity index (χ3v) is 7.43. The van der Waals surface area contributed by atoms with E-state index in [9.17, 15) is 22.4 Å². The number of hydrogen-bond donors (Lipinski definition) is 3. The van der Waals surface area contributed by atoms with E-state index in [-0.39, 0.29) is 24.2 Å². The molecule has 2 heterocycles. The fraction of sp³-hybridized carbons (Fsp3) is 0.556. The molecule has 1 saturated carbocycles. The number of nitrogens with two attached hydrogens (primary N) is 1. The van der Waals surface area contributed by atoms with Gasteiger partial charge in [0.15, 0.2) is 0 Å². The predicted octanol–water partition coefficient (Wildman–Crippen LogP) is 0.288. The van der Waals surface area contributed by atoms with Crippen LogP contribution in [0.3, 0.4) is 0 Å². The van der Waals surface area contributed by atoms with E-state index in [2.05, 4.69) is 10.6 Å². The Kier molecular flexibility index (Phi) is 4.99. The highest BCUT2D eigenvalue weighted by Gasteiger charge is 2.55. The second-order valence-electron chi connectivity index (χ2n) is 7.94. The van der Waals surface area contributed by atoms with Crippen molar-refractivity contribution in [3.63, 3.8) is 0 Å². The Morgan fingerprint density at radius 1 is 1.21 bits per heavy atom. The summed E-state index contributed by atoms with van der Waals surface area (Å²) in [6, 6.07) is 5.05. The molecule has 3 atom stereocenters. The second-order valence-corrected chi connectivity index (χ2v) is 9.44. The maximum absolute atomic E-state index is 13.3. The third-order valence-electron chi connectivity index (χ3n) is 6.29. The molecule has 0 aromatic heterocycles. The highest BCUT2D eigenvalue weighted by molar-refractivity contribution is 7.86. The molecule has 2 aliphatic heterocycles. The van der Waals surface area contributed by atoms with Crippen molar-refractivity contribution in [3.05, 3.63) is 30.1 Å². The topological polar surface area (TPSA) is 125 Å². The lowest BCUT2D eigenvalue weighted by atomic mass is 9.82. The van der Waals surface area contributed by atoms with Gasteiger partial charge in [-0.2, -0.15) is 12.7 Å². The van der Waals surface area contributed by atoms with Crippen LogP contribution in [0.4, 0.5) is 14.9 Å². The van der Waals surface area contributed by atoms with Gasteiger partial charge in [0.05, 0.1) is 0 Å². The van der Waals surface area contributed by atoms with Gasteiger partial charge in [0.25, 0.3) is 16.1 Å². The number of benzene rings is 1. The fourth-order valence-corrected chi connectivity index (χ4v) is 5.85. The van der Waals surface area contributed by atoms with Gasteiger partial charge in [-0.15, -0.1) is 0 Å². The zero-order valence-corrected chi connectivity index (χ0v) is 16.6. The number of urea groups is 1. The standard InChI is InChI=1S/C18H24FN5O4S/c19-13-3-5-14(6-4-13)23-8-9-24(29(20,27)28)15(11-23)10-12-2-1-7-18(12)16(25)21-17(26)22-18/h3-6,12,15H,1-2,7-11H2,(H2,20,27,28)(H2,21,22,25,26). The molecule has 1 aromatic rings. The number of hydrogen-bond acceptors (Lipinski definition) is 5. The van der Waals surface area contributed by atoms with Gasteiger partial charge in [-0.05, 0) is 49.4 Å². The molecular formula is C18H24FN5O4S. The number of nitrogens with zero attached hydrogens (tertiary/aromatic N) is 2. The van der Waals surface area contributed by atoms with Crippen LogP contribution in [0.25, 0.3) is 0 Å². The molecule has 4 N–H and O–H groups in total. The lowest BCUT2D eigenvalue weighted by Gasteiger charge is -2.43. The van der Waals surface area contributed by atoms with Crippen LogP contribution < -0.4 is 20.7 Å². The molecule has 3 unspecified atom stereocenters. The van der Waals surface area contributed by atoms with Crippen molar-refractivity contribution < 1.29 is 22.4 Å². The largest absolute Gasteiger partial charge is 0.369 e. The van der Waals surface area contributed by atoms with E-state index in [1.54, 1.807) is 12.1 Å². The van der Waals surface area contributed by atoms with E-state index in [0.717, 1.165) is 12.1 Å². The van der Waals surface area contributed by atoms with Crippen molar-refractivity contribution in [2.24, 2.45) is 11.1 Å². The molecule has 1 aromatic carbocycles. The lowest BCUT2D eigenvalue weighted by molar-refractivity contribution is -0.125. The molecule has 2 saturated heterocycles. The Morgan fingerprint density at radius 2 is 1.93 bits per heavy atom. The SMILES string of the molecule is NS(=O)(=O)N1CCN(c2ccc(F)cc2)CC1CC1CCCC12NC(=O)NC2=O. The van der Waals surface area contributed by atoms with Gasteiger partial charge < -0.3 is 10.2 Å². The van der Waals surface area contributed by atoms with E-state index >= 15 is 0 Å². The monoisotopic (exact) mass is 425 g/mol. The van der Waals surface area contributed by atoms with E-state index in [4.69, 9.17) is 5.14 Å². The first-order chi connectivity index (χ1) is 13.7. The molecule has 9 nitrogen and oxygen atoms in total. The summed E-state index contributed by atoms with van der Waals surface area (Å²) in [5, 5.41) is 10.5. The molecule has 3 aliphatic rings. The first-order valence-electron chi connectivity index (χ1n) is 9.63. The third kappa shape index (κ3) is 3.69. The van der Waals surface area contributed by atoms with E-state index in [0.29, 0.717) is 32.4 Å².